The number of anilines is 3. The highest BCUT2D eigenvalue weighted by atomic mass is 16.5. The summed E-state index contributed by atoms with van der Waals surface area (Å²) in [5.41, 5.74) is 2.25. The second kappa shape index (κ2) is 10.1. The highest BCUT2D eigenvalue weighted by Gasteiger charge is 2.22. The number of amides is 1. The van der Waals surface area contributed by atoms with Gasteiger partial charge in [-0.25, -0.2) is 4.98 Å². The highest BCUT2D eigenvalue weighted by molar-refractivity contribution is 5.76. The number of nitrogens with one attached hydrogen (secondary N) is 1. The number of hydrogen-bond acceptors (Lipinski definition) is 7. The Morgan fingerprint density at radius 2 is 1.72 bits per heavy atom. The molecule has 0 atom stereocenters. The van der Waals surface area contributed by atoms with Gasteiger partial charge in [0.05, 0.1) is 7.11 Å². The topological polar surface area (TPSA) is 83.5 Å². The number of hydrogen-bond donors (Lipinski definition) is 1. The van der Waals surface area contributed by atoms with Crippen LogP contribution in [-0.2, 0) is 11.2 Å². The SMILES string of the molecule is COc1ccc(CCC(=O)N2CCN(c3ccc(Nc4ccc(C)cn4)nn3)CC2)cc1. The Hall–Kier alpha value is -3.68. The maximum Gasteiger partial charge on any atom is 0.223 e. The number of carbonyl (C=O) groups excluding carboxylic acids is 1. The van der Waals surface area contributed by atoms with Gasteiger partial charge in [-0.15, -0.1) is 10.2 Å². The Balaban J connectivity index is 1.24. The van der Waals surface area contributed by atoms with Crippen molar-refractivity contribution in [3.05, 3.63) is 65.9 Å². The minimum Gasteiger partial charge on any atom is -0.497 e. The van der Waals surface area contributed by atoms with Crippen LogP contribution in [0.3, 0.4) is 0 Å². The van der Waals surface area contributed by atoms with Crippen LogP contribution in [-0.4, -0.2) is 59.3 Å². The van der Waals surface area contributed by atoms with E-state index in [0.717, 1.165) is 48.0 Å². The van der Waals surface area contributed by atoms with Crippen molar-refractivity contribution >= 4 is 23.4 Å². The largest absolute Gasteiger partial charge is 0.497 e. The Bertz CT molecular complexity index is 1010. The first-order valence-electron chi connectivity index (χ1n) is 10.8. The number of methoxy groups -OCH3 is 1. The zero-order valence-electron chi connectivity index (χ0n) is 18.5. The summed E-state index contributed by atoms with van der Waals surface area (Å²) >= 11 is 0. The third-order valence-electron chi connectivity index (χ3n) is 5.56. The van der Waals surface area contributed by atoms with E-state index in [1.165, 1.54) is 0 Å². The van der Waals surface area contributed by atoms with E-state index in [9.17, 15) is 4.79 Å². The van der Waals surface area contributed by atoms with Crippen molar-refractivity contribution in [1.29, 1.82) is 0 Å². The van der Waals surface area contributed by atoms with E-state index < -0.39 is 0 Å². The van der Waals surface area contributed by atoms with Gasteiger partial charge in [0.2, 0.25) is 5.91 Å². The predicted molar refractivity (Wildman–Crippen MR) is 124 cm³/mol. The van der Waals surface area contributed by atoms with Crippen molar-refractivity contribution in [3.8, 4) is 5.75 Å². The Kier molecular flexibility index (Phi) is 6.79. The molecule has 1 aromatic carbocycles. The van der Waals surface area contributed by atoms with Gasteiger partial charge in [0.15, 0.2) is 11.6 Å². The lowest BCUT2D eigenvalue weighted by molar-refractivity contribution is -0.131. The van der Waals surface area contributed by atoms with Crippen LogP contribution in [0, 0.1) is 6.92 Å². The standard InChI is InChI=1S/C24H28N6O2/c1-18-3-9-21(25-17-18)26-22-10-11-23(28-27-22)29-13-15-30(16-14-29)24(31)12-6-19-4-7-20(32-2)8-5-19/h3-5,7-11,17H,6,12-16H2,1-2H3,(H,25,26,27). The van der Waals surface area contributed by atoms with Crippen molar-refractivity contribution < 1.29 is 9.53 Å². The summed E-state index contributed by atoms with van der Waals surface area (Å²) in [6.07, 6.45) is 3.06. The fourth-order valence-electron chi connectivity index (χ4n) is 3.62. The highest BCUT2D eigenvalue weighted by Crippen LogP contribution is 2.18. The van der Waals surface area contributed by atoms with Crippen LogP contribution in [0.25, 0.3) is 0 Å². The fourth-order valence-corrected chi connectivity index (χ4v) is 3.62. The smallest absolute Gasteiger partial charge is 0.223 e. The molecule has 1 aliphatic heterocycles. The zero-order chi connectivity index (χ0) is 22.3. The third kappa shape index (κ3) is 5.51. The number of carbonyl (C=O) groups is 1. The molecule has 1 N–H and O–H groups in total. The van der Waals surface area contributed by atoms with E-state index in [0.29, 0.717) is 25.3 Å². The van der Waals surface area contributed by atoms with E-state index in [1.807, 2.05) is 66.6 Å². The number of ether oxygens (including phenoxy) is 1. The molecular formula is C24H28N6O2. The van der Waals surface area contributed by atoms with Gasteiger partial charge >= 0.3 is 0 Å². The first-order chi connectivity index (χ1) is 15.6. The minimum absolute atomic E-state index is 0.191. The molecule has 32 heavy (non-hydrogen) atoms. The lowest BCUT2D eigenvalue weighted by atomic mass is 10.1. The second-order valence-corrected chi connectivity index (χ2v) is 7.84. The molecule has 0 bridgehead atoms. The Labute approximate surface area is 188 Å². The van der Waals surface area contributed by atoms with Gasteiger partial charge in [0.25, 0.3) is 0 Å². The van der Waals surface area contributed by atoms with Crippen LogP contribution in [0.2, 0.25) is 0 Å². The lowest BCUT2D eigenvalue weighted by Gasteiger charge is -2.35. The van der Waals surface area contributed by atoms with Crippen molar-refractivity contribution in [2.45, 2.75) is 19.8 Å². The summed E-state index contributed by atoms with van der Waals surface area (Å²) in [5, 5.41) is 11.8. The normalized spacial score (nSPS) is 13.7. The summed E-state index contributed by atoms with van der Waals surface area (Å²) in [6.45, 7) is 4.87. The first kappa shape index (κ1) is 21.5. The number of rotatable bonds is 7. The molecule has 1 saturated heterocycles. The molecule has 0 saturated carbocycles. The first-order valence-corrected chi connectivity index (χ1v) is 10.8. The van der Waals surface area contributed by atoms with Crippen LogP contribution in [0.5, 0.6) is 5.75 Å². The minimum atomic E-state index is 0.191. The molecule has 1 fully saturated rings. The lowest BCUT2D eigenvalue weighted by Crippen LogP contribution is -2.49. The quantitative estimate of drug-likeness (QED) is 0.614. The number of aromatic nitrogens is 3. The zero-order valence-corrected chi connectivity index (χ0v) is 18.5. The van der Waals surface area contributed by atoms with Gasteiger partial charge < -0.3 is 19.9 Å². The fraction of sp³-hybridized carbons (Fsp3) is 0.333. The second-order valence-electron chi connectivity index (χ2n) is 7.84. The average Bonchev–Trinajstić information content (AvgIpc) is 2.85. The van der Waals surface area contributed by atoms with E-state index in [-0.39, 0.29) is 5.91 Å². The molecular weight excluding hydrogens is 404 g/mol. The summed E-state index contributed by atoms with van der Waals surface area (Å²) < 4.78 is 5.18. The van der Waals surface area contributed by atoms with Crippen LogP contribution in [0.4, 0.5) is 17.5 Å². The molecule has 1 amide bonds. The molecule has 8 nitrogen and oxygen atoms in total. The average molecular weight is 433 g/mol. The molecule has 0 aliphatic carbocycles. The van der Waals surface area contributed by atoms with Gasteiger partial charge in [-0.3, -0.25) is 4.79 Å². The van der Waals surface area contributed by atoms with Gasteiger partial charge in [0.1, 0.15) is 11.6 Å². The molecule has 0 radical (unpaired) electrons. The molecule has 0 spiro atoms. The van der Waals surface area contributed by atoms with Gasteiger partial charge in [-0.05, 0) is 54.8 Å². The molecule has 4 rings (SSSR count). The monoisotopic (exact) mass is 432 g/mol. The molecule has 2 aromatic heterocycles. The van der Waals surface area contributed by atoms with Crippen LogP contribution < -0.4 is 15.0 Å². The Morgan fingerprint density at radius 1 is 0.969 bits per heavy atom. The van der Waals surface area contributed by atoms with Crippen LogP contribution >= 0.6 is 0 Å². The third-order valence-corrected chi connectivity index (χ3v) is 5.56. The molecule has 1 aliphatic rings. The number of pyridine rings is 1. The number of nitrogens with zero attached hydrogens (tertiary/aromatic N) is 5. The van der Waals surface area contributed by atoms with Crippen molar-refractivity contribution in [2.75, 3.05) is 43.5 Å². The molecule has 8 heteroatoms. The maximum atomic E-state index is 12.6. The summed E-state index contributed by atoms with van der Waals surface area (Å²) in [5.74, 6) is 3.22. The molecule has 3 heterocycles. The van der Waals surface area contributed by atoms with Gasteiger partial charge in [-0.2, -0.15) is 0 Å². The van der Waals surface area contributed by atoms with Crippen molar-refractivity contribution in [2.24, 2.45) is 0 Å². The number of benzene rings is 1. The molecule has 166 valence electrons. The summed E-state index contributed by atoms with van der Waals surface area (Å²) in [4.78, 5) is 21.0. The Morgan fingerprint density at radius 3 is 2.34 bits per heavy atom. The number of aryl methyl sites for hydroxylation is 2. The van der Waals surface area contributed by atoms with Crippen LogP contribution in [0.15, 0.2) is 54.7 Å². The van der Waals surface area contributed by atoms with Crippen molar-refractivity contribution in [1.82, 2.24) is 20.1 Å². The molecule has 3 aromatic rings. The van der Waals surface area contributed by atoms with E-state index in [2.05, 4.69) is 25.4 Å². The van der Waals surface area contributed by atoms with Gasteiger partial charge in [-0.1, -0.05) is 18.2 Å². The van der Waals surface area contributed by atoms with Gasteiger partial charge in [0, 0.05) is 38.8 Å². The van der Waals surface area contributed by atoms with E-state index in [1.54, 1.807) is 7.11 Å². The van der Waals surface area contributed by atoms with Crippen molar-refractivity contribution in [3.63, 3.8) is 0 Å². The summed E-state index contributed by atoms with van der Waals surface area (Å²) in [7, 11) is 1.65. The van der Waals surface area contributed by atoms with E-state index >= 15 is 0 Å². The predicted octanol–water partition coefficient (Wildman–Crippen LogP) is 3.21. The van der Waals surface area contributed by atoms with E-state index in [4.69, 9.17) is 4.74 Å². The van der Waals surface area contributed by atoms with Crippen LogP contribution in [0.1, 0.15) is 17.5 Å². The number of piperazine rings is 1. The summed E-state index contributed by atoms with van der Waals surface area (Å²) in [6, 6.07) is 15.6. The molecule has 0 unspecified atom stereocenters. The maximum absolute atomic E-state index is 12.6.